The smallest absolute Gasteiger partial charge is 0.262 e. The molecule has 0 fully saturated rings. The minimum Gasteiger partial charge on any atom is -0.481 e. The lowest BCUT2D eigenvalue weighted by Gasteiger charge is -2.09. The Kier molecular flexibility index (Phi) is 5.12. The van der Waals surface area contributed by atoms with Crippen molar-refractivity contribution in [1.29, 1.82) is 0 Å². The number of hydrogen-bond donors (Lipinski definition) is 1. The minimum atomic E-state index is -1.08. The SMILES string of the molecule is COc1ncc(-c2ccco2)cc1-c1cnc(NC(=O)c2c(F)cncc2F)cn1. The number of nitrogens with one attached hydrogen (secondary N) is 1. The van der Waals surface area contributed by atoms with E-state index in [0.29, 0.717) is 28.5 Å². The number of amides is 1. The van der Waals surface area contributed by atoms with E-state index < -0.39 is 23.1 Å². The Labute approximate surface area is 168 Å². The molecular formula is C20H13F2N5O3. The van der Waals surface area contributed by atoms with E-state index in [4.69, 9.17) is 9.15 Å². The van der Waals surface area contributed by atoms with Crippen molar-refractivity contribution < 1.29 is 22.7 Å². The van der Waals surface area contributed by atoms with Gasteiger partial charge in [0.2, 0.25) is 5.88 Å². The molecule has 30 heavy (non-hydrogen) atoms. The second kappa shape index (κ2) is 8.03. The van der Waals surface area contributed by atoms with Gasteiger partial charge in [0.25, 0.3) is 5.91 Å². The van der Waals surface area contributed by atoms with Crippen molar-refractivity contribution in [2.24, 2.45) is 0 Å². The zero-order valence-electron chi connectivity index (χ0n) is 15.5. The van der Waals surface area contributed by atoms with Crippen molar-refractivity contribution in [2.75, 3.05) is 12.4 Å². The fourth-order valence-electron chi connectivity index (χ4n) is 2.71. The molecule has 0 aliphatic heterocycles. The number of ether oxygens (including phenoxy) is 1. The molecule has 4 aromatic heterocycles. The van der Waals surface area contributed by atoms with Gasteiger partial charge in [-0.3, -0.25) is 14.8 Å². The number of anilines is 1. The Morgan fingerprint density at radius 3 is 2.50 bits per heavy atom. The summed E-state index contributed by atoms with van der Waals surface area (Å²) >= 11 is 0. The maximum absolute atomic E-state index is 13.7. The van der Waals surface area contributed by atoms with E-state index in [1.807, 2.05) is 0 Å². The number of hydrogen-bond acceptors (Lipinski definition) is 7. The van der Waals surface area contributed by atoms with Crippen molar-refractivity contribution >= 4 is 11.7 Å². The van der Waals surface area contributed by atoms with Crippen LogP contribution in [-0.2, 0) is 0 Å². The van der Waals surface area contributed by atoms with Gasteiger partial charge in [-0.1, -0.05) is 0 Å². The van der Waals surface area contributed by atoms with Crippen LogP contribution in [0.3, 0.4) is 0 Å². The quantitative estimate of drug-likeness (QED) is 0.536. The molecule has 150 valence electrons. The van der Waals surface area contributed by atoms with Crippen LogP contribution in [0.15, 0.2) is 59.9 Å². The van der Waals surface area contributed by atoms with Gasteiger partial charge in [-0.25, -0.2) is 18.7 Å². The Morgan fingerprint density at radius 1 is 1.07 bits per heavy atom. The first kappa shape index (κ1) is 19.1. The summed E-state index contributed by atoms with van der Waals surface area (Å²) < 4.78 is 38.1. The molecule has 4 heterocycles. The van der Waals surface area contributed by atoms with E-state index in [2.05, 4.69) is 25.3 Å². The minimum absolute atomic E-state index is 0.00785. The standard InChI is InChI=1S/C20H13F2N5O3/c1-29-20-12(5-11(6-26-20)16-3-2-4-30-16)15-9-25-17(10-24-15)27-19(28)18-13(21)7-23-8-14(18)22/h2-10H,1H3,(H,25,27,28). The average Bonchev–Trinajstić information content (AvgIpc) is 3.29. The van der Waals surface area contributed by atoms with E-state index in [0.717, 1.165) is 12.4 Å². The van der Waals surface area contributed by atoms with Gasteiger partial charge < -0.3 is 14.5 Å². The van der Waals surface area contributed by atoms with Gasteiger partial charge in [0.15, 0.2) is 17.5 Å². The number of methoxy groups -OCH3 is 1. The highest BCUT2D eigenvalue weighted by atomic mass is 19.1. The molecule has 1 N–H and O–H groups in total. The lowest BCUT2D eigenvalue weighted by atomic mass is 10.1. The summed E-state index contributed by atoms with van der Waals surface area (Å²) in [6.45, 7) is 0. The Bertz CT molecular complexity index is 1180. The molecule has 0 spiro atoms. The largest absolute Gasteiger partial charge is 0.481 e. The summed E-state index contributed by atoms with van der Waals surface area (Å²) in [6.07, 6.45) is 7.27. The maximum atomic E-state index is 13.7. The van der Waals surface area contributed by atoms with Crippen LogP contribution < -0.4 is 10.1 Å². The number of pyridine rings is 2. The van der Waals surface area contributed by atoms with E-state index in [9.17, 15) is 13.6 Å². The average molecular weight is 409 g/mol. The van der Waals surface area contributed by atoms with Crippen LogP contribution >= 0.6 is 0 Å². The van der Waals surface area contributed by atoms with E-state index in [1.165, 1.54) is 19.5 Å². The van der Waals surface area contributed by atoms with Gasteiger partial charge in [0, 0.05) is 11.8 Å². The predicted molar refractivity (Wildman–Crippen MR) is 102 cm³/mol. The number of halogens is 2. The Morgan fingerprint density at radius 2 is 1.87 bits per heavy atom. The second-order valence-corrected chi connectivity index (χ2v) is 5.98. The number of carbonyl (C=O) groups is 1. The van der Waals surface area contributed by atoms with Crippen LogP contribution in [0.1, 0.15) is 10.4 Å². The summed E-state index contributed by atoms with van der Waals surface area (Å²) in [5.74, 6) is -2.23. The zero-order valence-corrected chi connectivity index (χ0v) is 15.5. The summed E-state index contributed by atoms with van der Waals surface area (Å²) in [4.78, 5) is 28.1. The third kappa shape index (κ3) is 3.70. The number of rotatable bonds is 5. The lowest BCUT2D eigenvalue weighted by molar-refractivity contribution is 0.101. The fourth-order valence-corrected chi connectivity index (χ4v) is 2.71. The van der Waals surface area contributed by atoms with Crippen LogP contribution in [0.25, 0.3) is 22.6 Å². The molecule has 1 amide bonds. The topological polar surface area (TPSA) is 103 Å². The van der Waals surface area contributed by atoms with Crippen LogP contribution in [-0.4, -0.2) is 33.0 Å². The first-order chi connectivity index (χ1) is 14.6. The van der Waals surface area contributed by atoms with Crippen molar-refractivity contribution in [1.82, 2.24) is 19.9 Å². The third-order valence-corrected chi connectivity index (χ3v) is 4.10. The maximum Gasteiger partial charge on any atom is 0.262 e. The molecule has 4 rings (SSSR count). The first-order valence-electron chi connectivity index (χ1n) is 8.57. The molecule has 0 saturated carbocycles. The molecule has 0 aromatic carbocycles. The highest BCUT2D eigenvalue weighted by molar-refractivity contribution is 6.04. The number of nitrogens with zero attached hydrogens (tertiary/aromatic N) is 4. The van der Waals surface area contributed by atoms with Crippen LogP contribution in [0.2, 0.25) is 0 Å². The van der Waals surface area contributed by atoms with Gasteiger partial charge in [-0.15, -0.1) is 0 Å². The van der Waals surface area contributed by atoms with E-state index in [-0.39, 0.29) is 5.82 Å². The van der Waals surface area contributed by atoms with Crippen LogP contribution in [0.4, 0.5) is 14.6 Å². The molecule has 4 aromatic rings. The summed E-state index contributed by atoms with van der Waals surface area (Å²) in [5.41, 5.74) is 0.904. The van der Waals surface area contributed by atoms with Crippen molar-refractivity contribution in [3.8, 4) is 28.5 Å². The predicted octanol–water partition coefficient (Wildman–Crippen LogP) is 3.73. The number of furan rings is 1. The molecule has 0 atom stereocenters. The fraction of sp³-hybridized carbons (Fsp3) is 0.0500. The second-order valence-electron chi connectivity index (χ2n) is 5.98. The Balaban J connectivity index is 1.61. The molecule has 0 unspecified atom stereocenters. The molecule has 0 radical (unpaired) electrons. The van der Waals surface area contributed by atoms with E-state index in [1.54, 1.807) is 30.7 Å². The van der Waals surface area contributed by atoms with Crippen molar-refractivity contribution in [3.05, 3.63) is 72.6 Å². The third-order valence-electron chi connectivity index (χ3n) is 4.10. The number of carbonyl (C=O) groups excluding carboxylic acids is 1. The molecule has 0 aliphatic carbocycles. The molecule has 0 aliphatic rings. The van der Waals surface area contributed by atoms with Crippen LogP contribution in [0, 0.1) is 11.6 Å². The summed E-state index contributed by atoms with van der Waals surface area (Å²) in [7, 11) is 1.47. The lowest BCUT2D eigenvalue weighted by Crippen LogP contribution is -2.17. The van der Waals surface area contributed by atoms with Crippen molar-refractivity contribution in [2.45, 2.75) is 0 Å². The molecule has 8 nitrogen and oxygen atoms in total. The van der Waals surface area contributed by atoms with Gasteiger partial charge in [0.05, 0.1) is 49.4 Å². The van der Waals surface area contributed by atoms with Crippen LogP contribution in [0.5, 0.6) is 5.88 Å². The van der Waals surface area contributed by atoms with Gasteiger partial charge in [0.1, 0.15) is 11.3 Å². The van der Waals surface area contributed by atoms with Gasteiger partial charge >= 0.3 is 0 Å². The summed E-state index contributed by atoms with van der Waals surface area (Å²) in [5, 5.41) is 2.30. The van der Waals surface area contributed by atoms with Gasteiger partial charge in [-0.05, 0) is 18.2 Å². The first-order valence-corrected chi connectivity index (χ1v) is 8.57. The summed E-state index contributed by atoms with van der Waals surface area (Å²) in [6, 6.07) is 5.31. The highest BCUT2D eigenvalue weighted by Gasteiger charge is 2.19. The number of aromatic nitrogens is 4. The molecule has 0 saturated heterocycles. The normalized spacial score (nSPS) is 10.6. The highest BCUT2D eigenvalue weighted by Crippen LogP contribution is 2.31. The van der Waals surface area contributed by atoms with Crippen molar-refractivity contribution in [3.63, 3.8) is 0 Å². The molecular weight excluding hydrogens is 396 g/mol. The van der Waals surface area contributed by atoms with Gasteiger partial charge in [-0.2, -0.15) is 0 Å². The monoisotopic (exact) mass is 409 g/mol. The Hall–Kier alpha value is -4.21. The van der Waals surface area contributed by atoms with E-state index >= 15 is 0 Å². The molecule has 10 heteroatoms. The molecule has 0 bridgehead atoms. The zero-order chi connectivity index (χ0) is 21.1.